The van der Waals surface area contributed by atoms with Crippen molar-refractivity contribution < 1.29 is 17.9 Å². The largest absolute Gasteiger partial charge is 0.465 e. The summed E-state index contributed by atoms with van der Waals surface area (Å²) < 4.78 is 34.3. The molecule has 8 nitrogen and oxygen atoms in total. The molecule has 0 spiro atoms. The number of esters is 1. The first-order chi connectivity index (χ1) is 14.3. The van der Waals surface area contributed by atoms with Gasteiger partial charge >= 0.3 is 11.7 Å². The lowest BCUT2D eigenvalue weighted by Gasteiger charge is -2.32. The summed E-state index contributed by atoms with van der Waals surface area (Å²) in [4.78, 5) is 27.2. The van der Waals surface area contributed by atoms with Gasteiger partial charge in [-0.3, -0.25) is 4.57 Å². The monoisotopic (exact) mass is 429 g/mol. The lowest BCUT2D eigenvalue weighted by atomic mass is 10.1. The number of H-pyrrole nitrogens is 1. The number of ether oxygens (including phenoxy) is 1. The van der Waals surface area contributed by atoms with Crippen molar-refractivity contribution in [2.45, 2.75) is 30.7 Å². The molecule has 4 rings (SSSR count). The number of imidazole rings is 1. The molecule has 0 saturated carbocycles. The summed E-state index contributed by atoms with van der Waals surface area (Å²) in [6.07, 6.45) is 1.05. The number of nitrogens with one attached hydrogen (secondary N) is 1. The third-order valence-corrected chi connectivity index (χ3v) is 7.68. The van der Waals surface area contributed by atoms with Crippen molar-refractivity contribution in [1.29, 1.82) is 0 Å². The van der Waals surface area contributed by atoms with Crippen molar-refractivity contribution in [2.75, 3.05) is 20.2 Å². The molecular weight excluding hydrogens is 406 g/mol. The molecule has 1 aromatic heterocycles. The maximum Gasteiger partial charge on any atom is 0.337 e. The second-order valence-corrected chi connectivity index (χ2v) is 9.33. The number of carbonyl (C=O) groups excluding carboxylic acids is 1. The summed E-state index contributed by atoms with van der Waals surface area (Å²) in [6, 6.07) is 11.9. The van der Waals surface area contributed by atoms with Crippen LogP contribution in [0.15, 0.2) is 52.2 Å². The molecule has 9 heteroatoms. The van der Waals surface area contributed by atoms with Crippen molar-refractivity contribution in [3.05, 3.63) is 64.1 Å². The van der Waals surface area contributed by atoms with Crippen LogP contribution in [0.5, 0.6) is 0 Å². The molecule has 1 aliphatic rings. The van der Waals surface area contributed by atoms with Gasteiger partial charge in [-0.15, -0.1) is 0 Å². The third kappa shape index (κ3) is 3.44. The van der Waals surface area contributed by atoms with Gasteiger partial charge in [-0.25, -0.2) is 18.0 Å². The number of hydrogen-bond acceptors (Lipinski definition) is 5. The number of aromatic amines is 1. The van der Waals surface area contributed by atoms with Gasteiger partial charge in [0.1, 0.15) is 0 Å². The molecule has 1 saturated heterocycles. The van der Waals surface area contributed by atoms with Gasteiger partial charge in [0.15, 0.2) is 0 Å². The van der Waals surface area contributed by atoms with Crippen LogP contribution in [0.3, 0.4) is 0 Å². The number of fused-ring (bicyclic) bond motifs is 1. The van der Waals surface area contributed by atoms with Crippen molar-refractivity contribution in [2.24, 2.45) is 0 Å². The lowest BCUT2D eigenvalue weighted by Crippen LogP contribution is -2.40. The zero-order valence-corrected chi connectivity index (χ0v) is 17.6. The minimum Gasteiger partial charge on any atom is -0.465 e. The minimum absolute atomic E-state index is 0.0809. The maximum atomic E-state index is 13.2. The first kappa shape index (κ1) is 20.4. The minimum atomic E-state index is -3.77. The number of nitrogens with zero attached hydrogens (tertiary/aromatic N) is 2. The van der Waals surface area contributed by atoms with E-state index in [2.05, 4.69) is 4.98 Å². The number of carbonyl (C=O) groups is 1. The third-order valence-electron chi connectivity index (χ3n) is 5.64. The Morgan fingerprint density at radius 1 is 1.13 bits per heavy atom. The van der Waals surface area contributed by atoms with Crippen LogP contribution in [0.25, 0.3) is 11.0 Å². The highest BCUT2D eigenvalue weighted by molar-refractivity contribution is 7.89. The second kappa shape index (κ2) is 7.73. The molecule has 0 radical (unpaired) electrons. The Balaban J connectivity index is 1.59. The van der Waals surface area contributed by atoms with Gasteiger partial charge in [0.25, 0.3) is 0 Å². The zero-order valence-electron chi connectivity index (χ0n) is 16.8. The molecule has 0 bridgehead atoms. The Bertz CT molecular complexity index is 1270. The average Bonchev–Trinajstić information content (AvgIpc) is 3.09. The van der Waals surface area contributed by atoms with Crippen LogP contribution in [0, 0.1) is 6.92 Å². The number of hydrogen-bond donors (Lipinski definition) is 1. The van der Waals surface area contributed by atoms with Crippen molar-refractivity contribution >= 4 is 27.0 Å². The number of para-hydroxylation sites is 2. The maximum absolute atomic E-state index is 13.2. The Hall–Kier alpha value is -2.91. The molecule has 158 valence electrons. The first-order valence-corrected chi connectivity index (χ1v) is 11.2. The van der Waals surface area contributed by atoms with E-state index >= 15 is 0 Å². The van der Waals surface area contributed by atoms with Crippen LogP contribution < -0.4 is 5.69 Å². The van der Waals surface area contributed by atoms with Crippen LogP contribution in [0.1, 0.15) is 34.8 Å². The van der Waals surface area contributed by atoms with Crippen LogP contribution in [0.4, 0.5) is 0 Å². The summed E-state index contributed by atoms with van der Waals surface area (Å²) in [6.45, 7) is 2.29. The molecule has 2 heterocycles. The summed E-state index contributed by atoms with van der Waals surface area (Å²) in [5, 5.41) is 0. The second-order valence-electron chi connectivity index (χ2n) is 7.42. The normalized spacial score (nSPS) is 16.1. The molecule has 1 fully saturated rings. The van der Waals surface area contributed by atoms with Gasteiger partial charge in [0, 0.05) is 19.1 Å². The topological polar surface area (TPSA) is 101 Å². The van der Waals surface area contributed by atoms with E-state index in [1.807, 2.05) is 24.3 Å². The summed E-state index contributed by atoms with van der Waals surface area (Å²) in [5.74, 6) is -0.580. The van der Waals surface area contributed by atoms with Gasteiger partial charge in [-0.05, 0) is 49.6 Å². The fourth-order valence-electron chi connectivity index (χ4n) is 4.04. The van der Waals surface area contributed by atoms with E-state index in [1.54, 1.807) is 23.6 Å². The predicted octanol–water partition coefficient (Wildman–Crippen LogP) is 2.45. The zero-order chi connectivity index (χ0) is 21.5. The van der Waals surface area contributed by atoms with Crippen molar-refractivity contribution in [3.8, 4) is 0 Å². The van der Waals surface area contributed by atoms with Gasteiger partial charge in [0.05, 0.1) is 28.6 Å². The lowest BCUT2D eigenvalue weighted by molar-refractivity contribution is 0.0600. The van der Waals surface area contributed by atoms with Crippen molar-refractivity contribution in [1.82, 2.24) is 13.9 Å². The number of aryl methyl sites for hydroxylation is 1. The number of benzene rings is 2. The van der Waals surface area contributed by atoms with Crippen LogP contribution in [0.2, 0.25) is 0 Å². The number of aromatic nitrogens is 2. The van der Waals surface area contributed by atoms with Crippen molar-refractivity contribution in [3.63, 3.8) is 0 Å². The summed E-state index contributed by atoms with van der Waals surface area (Å²) in [7, 11) is -2.51. The average molecular weight is 429 g/mol. The number of sulfonamides is 1. The Morgan fingerprint density at radius 3 is 2.53 bits per heavy atom. The molecule has 0 unspecified atom stereocenters. The van der Waals surface area contributed by atoms with E-state index in [0.29, 0.717) is 31.5 Å². The first-order valence-electron chi connectivity index (χ1n) is 9.71. The molecule has 2 aromatic carbocycles. The quantitative estimate of drug-likeness (QED) is 0.642. The summed E-state index contributed by atoms with van der Waals surface area (Å²) in [5.41, 5.74) is 2.18. The highest BCUT2D eigenvalue weighted by atomic mass is 32.2. The number of rotatable bonds is 4. The van der Waals surface area contributed by atoms with Crippen LogP contribution >= 0.6 is 0 Å². The molecule has 1 aliphatic heterocycles. The highest BCUT2D eigenvalue weighted by Gasteiger charge is 2.32. The molecule has 3 aromatic rings. The Kier molecular flexibility index (Phi) is 5.25. The van der Waals surface area contributed by atoms with Gasteiger partial charge in [-0.2, -0.15) is 4.31 Å². The number of methoxy groups -OCH3 is 1. The molecule has 0 atom stereocenters. The fraction of sp³-hybridized carbons (Fsp3) is 0.333. The fourth-order valence-corrected chi connectivity index (χ4v) is 5.76. The van der Waals surface area contributed by atoms with E-state index in [9.17, 15) is 18.0 Å². The van der Waals surface area contributed by atoms with E-state index in [1.165, 1.54) is 17.5 Å². The molecular formula is C21H23N3O5S. The highest BCUT2D eigenvalue weighted by Crippen LogP contribution is 2.29. The number of piperidine rings is 1. The Morgan fingerprint density at radius 2 is 1.83 bits per heavy atom. The summed E-state index contributed by atoms with van der Waals surface area (Å²) >= 11 is 0. The van der Waals surface area contributed by atoms with Crippen LogP contribution in [-0.4, -0.2) is 48.4 Å². The predicted molar refractivity (Wildman–Crippen MR) is 112 cm³/mol. The Labute approximate surface area is 174 Å². The van der Waals surface area contributed by atoms with E-state index < -0.39 is 16.0 Å². The molecule has 30 heavy (non-hydrogen) atoms. The van der Waals surface area contributed by atoms with E-state index in [4.69, 9.17) is 4.74 Å². The SMILES string of the molecule is COC(=O)c1ccc(C)c(S(=O)(=O)N2CCC(n3c(=O)[nH]c4ccccc43)CC2)c1. The molecule has 1 N–H and O–H groups in total. The van der Waals surface area contributed by atoms with Gasteiger partial charge in [-0.1, -0.05) is 18.2 Å². The molecule has 0 amide bonds. The van der Waals surface area contributed by atoms with Crippen LogP contribution in [-0.2, 0) is 14.8 Å². The van der Waals surface area contributed by atoms with Gasteiger partial charge in [0.2, 0.25) is 10.0 Å². The van der Waals surface area contributed by atoms with E-state index in [-0.39, 0.29) is 22.2 Å². The smallest absolute Gasteiger partial charge is 0.337 e. The molecule has 0 aliphatic carbocycles. The van der Waals surface area contributed by atoms with Gasteiger partial charge < -0.3 is 9.72 Å². The standard InChI is InChI=1S/C21H23N3O5S/c1-14-7-8-15(20(25)29-2)13-19(14)30(27,28)23-11-9-16(10-12-23)24-18-6-4-3-5-17(18)22-21(24)26/h3-8,13,16H,9-12H2,1-2H3,(H,22,26). The van der Waals surface area contributed by atoms with E-state index in [0.717, 1.165) is 11.0 Å².